The molecule has 1 unspecified atom stereocenters. The zero-order chi connectivity index (χ0) is 11.9. The molecule has 0 saturated heterocycles. The van der Waals surface area contributed by atoms with Crippen LogP contribution in [0.15, 0.2) is 0 Å². The van der Waals surface area contributed by atoms with Gasteiger partial charge in [-0.2, -0.15) is 0 Å². The van der Waals surface area contributed by atoms with Crippen molar-refractivity contribution < 1.29 is 22.8 Å². The normalized spacial score (nSPS) is 13.7. The zero-order valence-electron chi connectivity index (χ0n) is 10.0. The van der Waals surface area contributed by atoms with Crippen LogP contribution in [-0.2, 0) is 22.8 Å². The van der Waals surface area contributed by atoms with Crippen molar-refractivity contribution >= 4 is 14.8 Å². The highest BCUT2D eigenvalue weighted by molar-refractivity contribution is 6.62. The van der Waals surface area contributed by atoms with Crippen molar-refractivity contribution in [1.82, 2.24) is 0 Å². The number of hydrogen-bond donors (Lipinski definition) is 0. The van der Waals surface area contributed by atoms with E-state index in [1.54, 1.807) is 6.92 Å². The molecule has 5 nitrogen and oxygen atoms in total. The molecular weight excluding hydrogens is 216 g/mol. The minimum absolute atomic E-state index is 0.273. The van der Waals surface area contributed by atoms with E-state index in [1.165, 1.54) is 21.3 Å². The molecule has 0 aromatic heterocycles. The van der Waals surface area contributed by atoms with E-state index in [9.17, 15) is 4.79 Å². The Morgan fingerprint density at radius 2 is 1.60 bits per heavy atom. The van der Waals surface area contributed by atoms with Crippen LogP contribution in [0.5, 0.6) is 0 Å². The number of hydrogen-bond acceptors (Lipinski definition) is 5. The lowest BCUT2D eigenvalue weighted by atomic mass is 10.5. The van der Waals surface area contributed by atoms with Crippen LogP contribution in [0, 0.1) is 0 Å². The molecule has 0 aromatic rings. The fourth-order valence-electron chi connectivity index (χ4n) is 1.29. The third-order valence-corrected chi connectivity index (χ3v) is 5.20. The molecule has 15 heavy (non-hydrogen) atoms. The average Bonchev–Trinajstić information content (AvgIpc) is 2.29. The van der Waals surface area contributed by atoms with Crippen LogP contribution in [0.1, 0.15) is 26.7 Å². The maximum atomic E-state index is 11.2. The van der Waals surface area contributed by atoms with Gasteiger partial charge in [-0.3, -0.25) is 4.79 Å². The number of rotatable bonds is 7. The largest absolute Gasteiger partial charge is 0.543 e. The standard InChI is InChI=1S/C9H20O5Si/c1-6-8(10)14-9(7-2)15(11-3,12-4)13-5/h9H,6-7H2,1-5H3. The van der Waals surface area contributed by atoms with E-state index in [0.29, 0.717) is 12.8 Å². The molecule has 0 N–H and O–H groups in total. The Morgan fingerprint density at radius 1 is 1.13 bits per heavy atom. The monoisotopic (exact) mass is 236 g/mol. The second kappa shape index (κ2) is 6.94. The average molecular weight is 236 g/mol. The summed E-state index contributed by atoms with van der Waals surface area (Å²) in [5, 5.41) is 0. The Labute approximate surface area is 92.0 Å². The molecule has 0 rings (SSSR count). The van der Waals surface area contributed by atoms with Gasteiger partial charge < -0.3 is 18.0 Å². The maximum absolute atomic E-state index is 11.2. The summed E-state index contributed by atoms with van der Waals surface area (Å²) in [6.45, 7) is 3.64. The first-order valence-corrected chi connectivity index (χ1v) is 6.75. The predicted octanol–water partition coefficient (Wildman–Crippen LogP) is 1.14. The van der Waals surface area contributed by atoms with Crippen LogP contribution in [0.4, 0.5) is 0 Å². The van der Waals surface area contributed by atoms with Crippen LogP contribution in [0.2, 0.25) is 0 Å². The molecule has 0 aliphatic rings. The molecule has 0 spiro atoms. The predicted molar refractivity (Wildman–Crippen MR) is 57.2 cm³/mol. The second-order valence-corrected chi connectivity index (χ2v) is 6.03. The van der Waals surface area contributed by atoms with E-state index in [0.717, 1.165) is 0 Å². The van der Waals surface area contributed by atoms with Crippen molar-refractivity contribution in [3.63, 3.8) is 0 Å². The second-order valence-electron chi connectivity index (χ2n) is 2.96. The third kappa shape index (κ3) is 3.56. The van der Waals surface area contributed by atoms with Gasteiger partial charge in [-0.05, 0) is 6.42 Å². The Kier molecular flexibility index (Phi) is 6.74. The van der Waals surface area contributed by atoms with Gasteiger partial charge in [0.1, 0.15) is 0 Å². The van der Waals surface area contributed by atoms with E-state index >= 15 is 0 Å². The Morgan fingerprint density at radius 3 is 1.87 bits per heavy atom. The van der Waals surface area contributed by atoms with E-state index in [4.69, 9.17) is 18.0 Å². The van der Waals surface area contributed by atoms with Crippen LogP contribution in [-0.4, -0.2) is 41.8 Å². The summed E-state index contributed by atoms with van der Waals surface area (Å²) in [5.41, 5.74) is -0.440. The molecule has 0 amide bonds. The number of ether oxygens (including phenoxy) is 1. The van der Waals surface area contributed by atoms with Gasteiger partial charge in [-0.25, -0.2) is 0 Å². The Balaban J connectivity index is 4.66. The molecule has 0 heterocycles. The van der Waals surface area contributed by atoms with Gasteiger partial charge in [0.25, 0.3) is 0 Å². The van der Waals surface area contributed by atoms with E-state index in [2.05, 4.69) is 0 Å². The number of esters is 1. The molecule has 0 aromatic carbocycles. The minimum Gasteiger partial charge on any atom is -0.458 e. The van der Waals surface area contributed by atoms with Gasteiger partial charge in [0, 0.05) is 27.8 Å². The summed E-state index contributed by atoms with van der Waals surface area (Å²) in [6, 6.07) is 0. The van der Waals surface area contributed by atoms with E-state index in [-0.39, 0.29) is 5.97 Å². The topological polar surface area (TPSA) is 54.0 Å². The third-order valence-electron chi connectivity index (χ3n) is 2.18. The van der Waals surface area contributed by atoms with Crippen molar-refractivity contribution in [3.05, 3.63) is 0 Å². The lowest BCUT2D eigenvalue weighted by molar-refractivity contribution is -0.148. The van der Waals surface area contributed by atoms with E-state index < -0.39 is 14.5 Å². The highest BCUT2D eigenvalue weighted by Gasteiger charge is 2.49. The van der Waals surface area contributed by atoms with Crippen molar-refractivity contribution in [2.45, 2.75) is 32.4 Å². The Hall–Kier alpha value is -0.433. The van der Waals surface area contributed by atoms with Gasteiger partial charge in [-0.15, -0.1) is 0 Å². The van der Waals surface area contributed by atoms with Crippen LogP contribution >= 0.6 is 0 Å². The molecule has 6 heteroatoms. The smallest absolute Gasteiger partial charge is 0.458 e. The van der Waals surface area contributed by atoms with Gasteiger partial charge in [0.15, 0.2) is 5.73 Å². The zero-order valence-corrected chi connectivity index (χ0v) is 11.0. The first-order chi connectivity index (χ1) is 7.10. The lowest BCUT2D eigenvalue weighted by Crippen LogP contribution is -2.55. The minimum atomic E-state index is -2.87. The Bertz CT molecular complexity index is 185. The maximum Gasteiger partial charge on any atom is 0.543 e. The van der Waals surface area contributed by atoms with Crippen LogP contribution in [0.3, 0.4) is 0 Å². The molecule has 0 aliphatic carbocycles. The van der Waals surface area contributed by atoms with Gasteiger partial charge >= 0.3 is 14.8 Å². The molecule has 90 valence electrons. The summed E-state index contributed by atoms with van der Waals surface area (Å²) in [4.78, 5) is 11.2. The summed E-state index contributed by atoms with van der Waals surface area (Å²) in [6.07, 6.45) is 0.936. The van der Waals surface area contributed by atoms with Crippen molar-refractivity contribution in [3.8, 4) is 0 Å². The van der Waals surface area contributed by atoms with E-state index in [1.807, 2.05) is 6.92 Å². The number of carbonyl (C=O) groups is 1. The molecule has 0 bridgehead atoms. The lowest BCUT2D eigenvalue weighted by Gasteiger charge is -2.31. The molecule has 0 radical (unpaired) electrons. The van der Waals surface area contributed by atoms with Gasteiger partial charge in [-0.1, -0.05) is 13.8 Å². The molecule has 0 aliphatic heterocycles. The van der Waals surface area contributed by atoms with Crippen LogP contribution in [0.25, 0.3) is 0 Å². The summed E-state index contributed by atoms with van der Waals surface area (Å²) < 4.78 is 21.0. The van der Waals surface area contributed by atoms with Crippen molar-refractivity contribution in [2.24, 2.45) is 0 Å². The molecule has 0 fully saturated rings. The highest BCUT2D eigenvalue weighted by Crippen LogP contribution is 2.18. The molecular formula is C9H20O5Si. The first-order valence-electron chi connectivity index (χ1n) is 4.95. The summed E-state index contributed by atoms with van der Waals surface area (Å²) in [5.74, 6) is -0.273. The van der Waals surface area contributed by atoms with Gasteiger partial charge in [0.2, 0.25) is 0 Å². The van der Waals surface area contributed by atoms with Crippen molar-refractivity contribution in [1.29, 1.82) is 0 Å². The molecule has 1 atom stereocenters. The fourth-order valence-corrected chi connectivity index (χ4v) is 3.36. The molecule has 0 saturated carbocycles. The van der Waals surface area contributed by atoms with Crippen molar-refractivity contribution in [2.75, 3.05) is 21.3 Å². The summed E-state index contributed by atoms with van der Waals surface area (Å²) in [7, 11) is 1.64. The fraction of sp³-hybridized carbons (Fsp3) is 0.889. The SMILES string of the molecule is CCC(=O)OC(CC)[Si](OC)(OC)OC. The highest BCUT2D eigenvalue weighted by atomic mass is 28.4. The van der Waals surface area contributed by atoms with Crippen LogP contribution < -0.4 is 0 Å². The number of carbonyl (C=O) groups excluding carboxylic acids is 1. The quantitative estimate of drug-likeness (QED) is 0.490. The van der Waals surface area contributed by atoms with Gasteiger partial charge in [0.05, 0.1) is 0 Å². The summed E-state index contributed by atoms with van der Waals surface area (Å²) >= 11 is 0. The first kappa shape index (κ1) is 14.6.